The van der Waals surface area contributed by atoms with Crippen LogP contribution >= 0.6 is 0 Å². The molecule has 0 rings (SSSR count). The molecule has 2 atom stereocenters. The molecule has 0 aliphatic carbocycles. The molecular weight excluding hydrogens is 681 g/mol. The van der Waals surface area contributed by atoms with Gasteiger partial charge in [-0.1, -0.05) is 180 Å². The fourth-order valence-electron chi connectivity index (χ4n) is 6.74. The average molecular weight is 765 g/mol. The Balaban J connectivity index is 4.21. The van der Waals surface area contributed by atoms with E-state index in [1.165, 1.54) is 141 Å². The van der Waals surface area contributed by atoms with Crippen LogP contribution in [0, 0.1) is 0 Å². The molecule has 0 spiro atoms. The van der Waals surface area contributed by atoms with E-state index < -0.39 is 24.5 Å². The van der Waals surface area contributed by atoms with Gasteiger partial charge in [0.25, 0.3) is 0 Å². The highest BCUT2D eigenvalue weighted by molar-refractivity contribution is 5.87. The Kier molecular flexibility index (Phi) is 38.4. The summed E-state index contributed by atoms with van der Waals surface area (Å²) in [5.74, 6) is -2.38. The number of aliphatic hydroxyl groups excluding tert-OH is 1. The first kappa shape index (κ1) is 51.6. The summed E-state index contributed by atoms with van der Waals surface area (Å²) in [4.78, 5) is 47.6. The molecule has 0 bridgehead atoms. The highest BCUT2D eigenvalue weighted by atomic mass is 16.5. The third-order valence-electron chi connectivity index (χ3n) is 10.2. The van der Waals surface area contributed by atoms with Gasteiger partial charge in [-0.2, -0.15) is 0 Å². The molecule has 0 radical (unpaired) electrons. The van der Waals surface area contributed by atoms with Crippen molar-refractivity contribution in [1.82, 2.24) is 10.6 Å². The summed E-state index contributed by atoms with van der Waals surface area (Å²) in [6, 6.07) is -1.39. The topological polar surface area (TPSA) is 142 Å². The van der Waals surface area contributed by atoms with Gasteiger partial charge in [-0.15, -0.1) is 0 Å². The van der Waals surface area contributed by atoms with Gasteiger partial charge in [-0.25, -0.2) is 4.79 Å². The van der Waals surface area contributed by atoms with E-state index in [-0.39, 0.29) is 30.9 Å². The maximum Gasteiger partial charge on any atom is 0.328 e. The van der Waals surface area contributed by atoms with E-state index in [9.17, 15) is 19.2 Å². The Hall–Kier alpha value is -2.42. The molecule has 316 valence electrons. The third kappa shape index (κ3) is 36.6. The lowest BCUT2D eigenvalue weighted by Gasteiger charge is -2.15. The van der Waals surface area contributed by atoms with E-state index in [0.717, 1.165) is 51.4 Å². The molecular formula is C45H84N2O7. The van der Waals surface area contributed by atoms with Crippen molar-refractivity contribution in [1.29, 1.82) is 0 Å². The number of carboxylic acid groups (broad SMARTS) is 1. The Morgan fingerprint density at radius 3 is 1.44 bits per heavy atom. The molecule has 9 nitrogen and oxygen atoms in total. The first-order valence-electron chi connectivity index (χ1n) is 22.6. The Labute approximate surface area is 331 Å². The number of aliphatic hydroxyl groups is 1. The number of carbonyl (C=O) groups is 4. The molecule has 0 aromatic rings. The minimum Gasteiger partial charge on any atom is -0.480 e. The van der Waals surface area contributed by atoms with Crippen LogP contribution in [0.15, 0.2) is 12.2 Å². The normalized spacial score (nSPS) is 12.5. The minimum absolute atomic E-state index is 0.105. The van der Waals surface area contributed by atoms with Crippen LogP contribution in [0.5, 0.6) is 0 Å². The number of ether oxygens (including phenoxy) is 1. The van der Waals surface area contributed by atoms with E-state index >= 15 is 0 Å². The predicted molar refractivity (Wildman–Crippen MR) is 222 cm³/mol. The molecule has 0 heterocycles. The van der Waals surface area contributed by atoms with Crippen LogP contribution < -0.4 is 10.6 Å². The number of carbonyl (C=O) groups excluding carboxylic acids is 3. The summed E-state index contributed by atoms with van der Waals surface area (Å²) in [7, 11) is 0. The van der Waals surface area contributed by atoms with Crippen molar-refractivity contribution in [3.05, 3.63) is 12.2 Å². The summed E-state index contributed by atoms with van der Waals surface area (Å²) >= 11 is 0. The van der Waals surface area contributed by atoms with Crippen molar-refractivity contribution in [2.24, 2.45) is 0 Å². The van der Waals surface area contributed by atoms with Crippen LogP contribution in [0.25, 0.3) is 0 Å². The highest BCUT2D eigenvalue weighted by Gasteiger charge is 2.18. The maximum atomic E-state index is 12.7. The zero-order chi connectivity index (χ0) is 39.7. The minimum atomic E-state index is -1.39. The number of rotatable bonds is 41. The molecule has 0 aromatic carbocycles. The zero-order valence-electron chi connectivity index (χ0n) is 35.0. The number of hydrogen-bond donors (Lipinski definition) is 4. The lowest BCUT2D eigenvalue weighted by molar-refractivity contribution is -0.147. The molecule has 0 saturated heterocycles. The number of allylic oxidation sites excluding steroid dienone is 1. The van der Waals surface area contributed by atoms with Crippen LogP contribution in [0.3, 0.4) is 0 Å². The second kappa shape index (κ2) is 40.2. The largest absolute Gasteiger partial charge is 0.480 e. The van der Waals surface area contributed by atoms with Crippen molar-refractivity contribution in [2.45, 2.75) is 238 Å². The molecule has 54 heavy (non-hydrogen) atoms. The lowest BCUT2D eigenvalue weighted by atomic mass is 10.0. The first-order valence-corrected chi connectivity index (χ1v) is 22.6. The van der Waals surface area contributed by atoms with E-state index in [1.807, 2.05) is 0 Å². The van der Waals surface area contributed by atoms with Crippen LogP contribution in [0.2, 0.25) is 0 Å². The maximum absolute atomic E-state index is 12.7. The van der Waals surface area contributed by atoms with Gasteiger partial charge in [0.15, 0.2) is 0 Å². The Morgan fingerprint density at radius 2 is 0.981 bits per heavy atom. The summed E-state index contributed by atoms with van der Waals surface area (Å²) in [5.41, 5.74) is 0. The summed E-state index contributed by atoms with van der Waals surface area (Å²) in [6.45, 7) is 3.47. The first-order chi connectivity index (χ1) is 26.3. The SMILES string of the molecule is CCCCCCCCC/C=C\C(CCCCCCC(=O)NCC(=O)NC(CO)C(=O)O)OC(=O)CCCCCCCCCCCCCCCCCCCC. The molecule has 0 saturated carbocycles. The van der Waals surface area contributed by atoms with Crippen molar-refractivity contribution >= 4 is 23.8 Å². The van der Waals surface area contributed by atoms with Crippen molar-refractivity contribution in [3.63, 3.8) is 0 Å². The van der Waals surface area contributed by atoms with Gasteiger partial charge in [-0.05, 0) is 44.6 Å². The summed E-state index contributed by atoms with van der Waals surface area (Å²) < 4.78 is 5.92. The van der Waals surface area contributed by atoms with Crippen molar-refractivity contribution in [3.8, 4) is 0 Å². The van der Waals surface area contributed by atoms with Crippen LogP contribution in [0.1, 0.15) is 226 Å². The molecule has 4 N–H and O–H groups in total. The summed E-state index contributed by atoms with van der Waals surface area (Å²) in [5, 5.41) is 22.6. The fraction of sp³-hybridized carbons (Fsp3) is 0.867. The Bertz CT molecular complexity index is 926. The smallest absolute Gasteiger partial charge is 0.328 e. The molecule has 0 aliphatic rings. The van der Waals surface area contributed by atoms with Gasteiger partial charge in [0.1, 0.15) is 12.1 Å². The number of esters is 1. The number of aliphatic carboxylic acids is 1. The molecule has 0 fully saturated rings. The van der Waals surface area contributed by atoms with Gasteiger partial charge < -0.3 is 25.6 Å². The second-order valence-electron chi connectivity index (χ2n) is 15.5. The second-order valence-corrected chi connectivity index (χ2v) is 15.5. The number of hydrogen-bond acceptors (Lipinski definition) is 6. The average Bonchev–Trinajstić information content (AvgIpc) is 3.15. The van der Waals surface area contributed by atoms with Crippen molar-refractivity contribution in [2.75, 3.05) is 13.2 Å². The predicted octanol–water partition coefficient (Wildman–Crippen LogP) is 11.0. The third-order valence-corrected chi connectivity index (χ3v) is 10.2. The number of carboxylic acids is 1. The van der Waals surface area contributed by atoms with Gasteiger partial charge in [0, 0.05) is 12.8 Å². The number of nitrogens with one attached hydrogen (secondary N) is 2. The quantitative estimate of drug-likeness (QED) is 0.0276. The Morgan fingerprint density at radius 1 is 0.556 bits per heavy atom. The van der Waals surface area contributed by atoms with Gasteiger partial charge in [0.2, 0.25) is 11.8 Å². The molecule has 0 aromatic heterocycles. The molecule has 2 amide bonds. The molecule has 2 unspecified atom stereocenters. The van der Waals surface area contributed by atoms with E-state index in [0.29, 0.717) is 12.8 Å². The summed E-state index contributed by atoms with van der Waals surface area (Å²) in [6.07, 6.45) is 42.6. The molecule has 0 aliphatic heterocycles. The fourth-order valence-corrected chi connectivity index (χ4v) is 6.74. The monoisotopic (exact) mass is 765 g/mol. The molecule has 9 heteroatoms. The lowest BCUT2D eigenvalue weighted by Crippen LogP contribution is -2.47. The zero-order valence-corrected chi connectivity index (χ0v) is 35.0. The van der Waals surface area contributed by atoms with E-state index in [2.05, 4.69) is 36.6 Å². The van der Waals surface area contributed by atoms with Crippen LogP contribution in [-0.2, 0) is 23.9 Å². The van der Waals surface area contributed by atoms with E-state index in [1.54, 1.807) is 0 Å². The number of amides is 2. The van der Waals surface area contributed by atoms with Gasteiger partial charge in [0.05, 0.1) is 13.2 Å². The number of unbranched alkanes of at least 4 members (excludes halogenated alkanes) is 27. The van der Waals surface area contributed by atoms with Gasteiger partial charge >= 0.3 is 11.9 Å². The standard InChI is InChI=1S/C45H84N2O7/c1-3-5-7-9-11-13-14-15-16-17-18-19-20-21-23-25-27-33-37-44(51)54-40(34-30-26-24-22-12-10-8-6-4-2)35-31-28-29-32-36-42(49)46-38-43(50)47-41(39-48)45(52)53/h30,34,40-41,48H,3-29,31-33,35-39H2,1-2H3,(H,46,49)(H,47,50)(H,52,53)/b34-30-. The van der Waals surface area contributed by atoms with E-state index in [4.69, 9.17) is 14.9 Å². The highest BCUT2D eigenvalue weighted by Crippen LogP contribution is 2.17. The van der Waals surface area contributed by atoms with Gasteiger partial charge in [-0.3, -0.25) is 14.4 Å². The van der Waals surface area contributed by atoms with Crippen LogP contribution in [0.4, 0.5) is 0 Å². The van der Waals surface area contributed by atoms with Crippen molar-refractivity contribution < 1.29 is 34.1 Å². The van der Waals surface area contributed by atoms with Crippen LogP contribution in [-0.4, -0.2) is 59.3 Å².